The van der Waals surface area contributed by atoms with Crippen molar-refractivity contribution in [1.82, 2.24) is 20.1 Å². The number of halogens is 2. The van der Waals surface area contributed by atoms with Gasteiger partial charge in [-0.25, -0.2) is 0 Å². The number of amides is 1. The van der Waals surface area contributed by atoms with Crippen LogP contribution in [0.3, 0.4) is 0 Å². The van der Waals surface area contributed by atoms with Gasteiger partial charge in [0.25, 0.3) is 0 Å². The first kappa shape index (κ1) is 18.4. The number of pyridine rings is 1. The Hall–Kier alpha value is -2.37. The van der Waals surface area contributed by atoms with Crippen molar-refractivity contribution in [2.45, 2.75) is 19.4 Å². The van der Waals surface area contributed by atoms with Crippen molar-refractivity contribution in [3.8, 4) is 11.3 Å². The van der Waals surface area contributed by atoms with Gasteiger partial charge in [-0.15, -0.1) is 0 Å². The summed E-state index contributed by atoms with van der Waals surface area (Å²) in [7, 11) is 1.86. The summed E-state index contributed by atoms with van der Waals surface area (Å²) >= 11 is 11.9. The van der Waals surface area contributed by atoms with Crippen molar-refractivity contribution in [1.29, 1.82) is 0 Å². The van der Waals surface area contributed by atoms with Crippen LogP contribution in [0.25, 0.3) is 11.3 Å². The zero-order valence-electron chi connectivity index (χ0n) is 14.2. The van der Waals surface area contributed by atoms with E-state index in [1.54, 1.807) is 29.2 Å². The molecule has 3 rings (SSSR count). The zero-order valence-corrected chi connectivity index (χ0v) is 15.8. The third-order valence-electron chi connectivity index (χ3n) is 3.94. The SMILES string of the molecule is Cn1cc(-c2cc(CNC(=O)CCc3ccc(Cl)c(Cl)c3)ccn2)cn1. The molecule has 3 aromatic rings. The van der Waals surface area contributed by atoms with Crippen LogP contribution in [0.2, 0.25) is 10.0 Å². The highest BCUT2D eigenvalue weighted by Crippen LogP contribution is 2.23. The van der Waals surface area contributed by atoms with Crippen molar-refractivity contribution in [2.75, 3.05) is 0 Å². The zero-order chi connectivity index (χ0) is 18.5. The van der Waals surface area contributed by atoms with Gasteiger partial charge in [-0.1, -0.05) is 29.3 Å². The van der Waals surface area contributed by atoms with E-state index in [-0.39, 0.29) is 5.91 Å². The number of aromatic nitrogens is 3. The van der Waals surface area contributed by atoms with Crippen molar-refractivity contribution in [3.63, 3.8) is 0 Å². The molecule has 1 N–H and O–H groups in total. The minimum Gasteiger partial charge on any atom is -0.352 e. The fourth-order valence-corrected chi connectivity index (χ4v) is 2.86. The lowest BCUT2D eigenvalue weighted by Gasteiger charge is -2.07. The van der Waals surface area contributed by atoms with E-state index in [1.165, 1.54) is 0 Å². The second-order valence-corrected chi connectivity index (χ2v) is 6.79. The number of carbonyl (C=O) groups excluding carboxylic acids is 1. The highest BCUT2D eigenvalue weighted by atomic mass is 35.5. The molecule has 134 valence electrons. The van der Waals surface area contributed by atoms with Gasteiger partial charge < -0.3 is 5.32 Å². The normalized spacial score (nSPS) is 10.7. The van der Waals surface area contributed by atoms with E-state index in [9.17, 15) is 4.79 Å². The first-order valence-electron chi connectivity index (χ1n) is 8.16. The number of nitrogens with zero attached hydrogens (tertiary/aromatic N) is 3. The van der Waals surface area contributed by atoms with Crippen molar-refractivity contribution < 1.29 is 4.79 Å². The fourth-order valence-electron chi connectivity index (χ4n) is 2.54. The highest BCUT2D eigenvalue weighted by Gasteiger charge is 2.06. The molecule has 0 fully saturated rings. The topological polar surface area (TPSA) is 59.8 Å². The second-order valence-electron chi connectivity index (χ2n) is 5.98. The third-order valence-corrected chi connectivity index (χ3v) is 4.68. The summed E-state index contributed by atoms with van der Waals surface area (Å²) in [5.74, 6) is -0.0178. The largest absolute Gasteiger partial charge is 0.352 e. The van der Waals surface area contributed by atoms with E-state index >= 15 is 0 Å². The molecule has 1 aromatic carbocycles. The maximum Gasteiger partial charge on any atom is 0.220 e. The van der Waals surface area contributed by atoms with Gasteiger partial charge in [0, 0.05) is 38.0 Å². The molecule has 0 aliphatic carbocycles. The molecule has 0 aliphatic rings. The summed E-state index contributed by atoms with van der Waals surface area (Å²) in [5, 5.41) is 8.10. The van der Waals surface area contributed by atoms with Crippen molar-refractivity contribution in [2.24, 2.45) is 7.05 Å². The molecule has 0 saturated heterocycles. The maximum absolute atomic E-state index is 12.1. The summed E-state index contributed by atoms with van der Waals surface area (Å²) in [6, 6.07) is 9.26. The summed E-state index contributed by atoms with van der Waals surface area (Å²) in [6.45, 7) is 0.454. The molecule has 26 heavy (non-hydrogen) atoms. The van der Waals surface area contributed by atoms with E-state index < -0.39 is 0 Å². The average molecular weight is 389 g/mol. The molecule has 7 heteroatoms. The van der Waals surface area contributed by atoms with Gasteiger partial charge in [-0.05, 0) is 41.8 Å². The van der Waals surface area contributed by atoms with Gasteiger partial charge in [0.2, 0.25) is 5.91 Å². The second kappa shape index (κ2) is 8.34. The quantitative estimate of drug-likeness (QED) is 0.692. The molecular formula is C19H18Cl2N4O. The molecule has 0 aliphatic heterocycles. The Kier molecular flexibility index (Phi) is 5.91. The molecular weight excluding hydrogens is 371 g/mol. The van der Waals surface area contributed by atoms with E-state index in [4.69, 9.17) is 23.2 Å². The molecule has 0 atom stereocenters. The molecule has 0 bridgehead atoms. The van der Waals surface area contributed by atoms with Crippen LogP contribution in [0, 0.1) is 0 Å². The molecule has 2 heterocycles. The predicted octanol–water partition coefficient (Wildman–Crippen LogP) is 4.04. The Bertz CT molecular complexity index is 923. The summed E-state index contributed by atoms with van der Waals surface area (Å²) in [6.07, 6.45) is 6.40. The Morgan fingerprint density at radius 1 is 1.15 bits per heavy atom. The van der Waals surface area contributed by atoms with E-state index in [0.717, 1.165) is 22.4 Å². The number of benzene rings is 1. The Labute approximate surface area is 162 Å². The van der Waals surface area contributed by atoms with E-state index in [0.29, 0.717) is 29.4 Å². The monoisotopic (exact) mass is 388 g/mol. The first-order valence-corrected chi connectivity index (χ1v) is 8.91. The third kappa shape index (κ3) is 4.84. The van der Waals surface area contributed by atoms with Gasteiger partial charge in [-0.2, -0.15) is 5.10 Å². The minimum atomic E-state index is -0.0178. The maximum atomic E-state index is 12.1. The van der Waals surface area contributed by atoms with Crippen LogP contribution < -0.4 is 5.32 Å². The Morgan fingerprint density at radius 2 is 2.00 bits per heavy atom. The van der Waals surface area contributed by atoms with E-state index in [2.05, 4.69) is 15.4 Å². The Morgan fingerprint density at radius 3 is 2.73 bits per heavy atom. The van der Waals surface area contributed by atoms with Crippen LogP contribution in [-0.2, 0) is 24.8 Å². The molecule has 0 radical (unpaired) electrons. The van der Waals surface area contributed by atoms with Crippen LogP contribution in [0.5, 0.6) is 0 Å². The standard InChI is InChI=1S/C19H18Cl2N4O/c1-25-12-15(11-24-25)18-9-14(6-7-22-18)10-23-19(26)5-3-13-2-4-16(20)17(21)8-13/h2,4,6-9,11-12H,3,5,10H2,1H3,(H,23,26). The lowest BCUT2D eigenvalue weighted by Crippen LogP contribution is -2.23. The molecule has 5 nitrogen and oxygen atoms in total. The molecule has 0 unspecified atom stereocenters. The van der Waals surface area contributed by atoms with Gasteiger partial charge in [-0.3, -0.25) is 14.5 Å². The number of hydrogen-bond acceptors (Lipinski definition) is 3. The molecule has 2 aromatic heterocycles. The van der Waals surface area contributed by atoms with Crippen LogP contribution in [0.15, 0.2) is 48.9 Å². The summed E-state index contributed by atoms with van der Waals surface area (Å²) in [4.78, 5) is 16.5. The number of hydrogen-bond donors (Lipinski definition) is 1. The minimum absolute atomic E-state index is 0.0178. The van der Waals surface area contributed by atoms with Crippen LogP contribution in [0.1, 0.15) is 17.5 Å². The number of rotatable bonds is 6. The lowest BCUT2D eigenvalue weighted by atomic mass is 10.1. The Balaban J connectivity index is 1.53. The average Bonchev–Trinajstić information content (AvgIpc) is 3.08. The smallest absolute Gasteiger partial charge is 0.220 e. The van der Waals surface area contributed by atoms with Gasteiger partial charge >= 0.3 is 0 Å². The fraction of sp³-hybridized carbons (Fsp3) is 0.211. The molecule has 1 amide bonds. The van der Waals surface area contributed by atoms with Gasteiger partial charge in [0.15, 0.2) is 0 Å². The van der Waals surface area contributed by atoms with Crippen molar-refractivity contribution >= 4 is 29.1 Å². The van der Waals surface area contributed by atoms with E-state index in [1.807, 2.05) is 31.4 Å². The van der Waals surface area contributed by atoms with Crippen molar-refractivity contribution in [3.05, 3.63) is 70.1 Å². The summed E-state index contributed by atoms with van der Waals surface area (Å²) < 4.78 is 1.73. The van der Waals surface area contributed by atoms with Gasteiger partial charge in [0.05, 0.1) is 21.9 Å². The van der Waals surface area contributed by atoms with Crippen LogP contribution >= 0.6 is 23.2 Å². The lowest BCUT2D eigenvalue weighted by molar-refractivity contribution is -0.121. The van der Waals surface area contributed by atoms with Crippen LogP contribution in [0.4, 0.5) is 0 Å². The number of nitrogens with one attached hydrogen (secondary N) is 1. The van der Waals surface area contributed by atoms with Crippen LogP contribution in [-0.4, -0.2) is 20.7 Å². The number of aryl methyl sites for hydroxylation is 2. The predicted molar refractivity (Wildman–Crippen MR) is 103 cm³/mol. The molecule has 0 saturated carbocycles. The van der Waals surface area contributed by atoms with Gasteiger partial charge in [0.1, 0.15) is 0 Å². The molecule has 0 spiro atoms. The summed E-state index contributed by atoms with van der Waals surface area (Å²) in [5.41, 5.74) is 3.75. The number of carbonyl (C=O) groups is 1. The highest BCUT2D eigenvalue weighted by molar-refractivity contribution is 6.42. The first-order chi connectivity index (χ1) is 12.5.